The molecule has 5 aromatic rings. The van der Waals surface area contributed by atoms with Crippen LogP contribution in [0.3, 0.4) is 0 Å². The van der Waals surface area contributed by atoms with Crippen LogP contribution in [0.25, 0.3) is 22.9 Å². The van der Waals surface area contributed by atoms with Crippen LogP contribution in [0.1, 0.15) is 10.5 Å². The van der Waals surface area contributed by atoms with Crippen LogP contribution in [0.5, 0.6) is 0 Å². The van der Waals surface area contributed by atoms with E-state index in [1.54, 1.807) is 24.5 Å². The first kappa shape index (κ1) is 17.8. The third kappa shape index (κ3) is 3.02. The van der Waals surface area contributed by atoms with Crippen LogP contribution in [0, 0.1) is 0 Å². The second kappa shape index (κ2) is 7.29. The van der Waals surface area contributed by atoms with Crippen molar-refractivity contribution in [2.75, 3.05) is 11.9 Å². The van der Waals surface area contributed by atoms with Crippen LogP contribution in [-0.2, 0) is 0 Å². The van der Waals surface area contributed by atoms with Gasteiger partial charge in [0.25, 0.3) is 5.91 Å². The molecular weight excluding hydrogens is 376 g/mol. The van der Waals surface area contributed by atoms with Crippen molar-refractivity contribution in [2.24, 2.45) is 0 Å². The van der Waals surface area contributed by atoms with Gasteiger partial charge in [-0.3, -0.25) is 13.8 Å². The van der Waals surface area contributed by atoms with Crippen LogP contribution in [-0.4, -0.2) is 36.9 Å². The lowest BCUT2D eigenvalue weighted by molar-refractivity contribution is 0.0990. The van der Waals surface area contributed by atoms with E-state index in [-0.39, 0.29) is 5.91 Å². The van der Waals surface area contributed by atoms with E-state index < -0.39 is 0 Å². The Labute approximate surface area is 172 Å². The van der Waals surface area contributed by atoms with Crippen molar-refractivity contribution in [2.45, 2.75) is 0 Å². The average Bonchev–Trinajstić information content (AvgIpc) is 3.44. The highest BCUT2D eigenvalue weighted by molar-refractivity contribution is 6.09. The summed E-state index contributed by atoms with van der Waals surface area (Å²) < 4.78 is 3.72. The lowest BCUT2D eigenvalue weighted by Crippen LogP contribution is -2.26. The number of benzene rings is 1. The molecule has 7 nitrogen and oxygen atoms in total. The summed E-state index contributed by atoms with van der Waals surface area (Å²) in [7, 11) is 1.75. The number of hydrogen-bond acceptors (Lipinski definition) is 4. The minimum absolute atomic E-state index is 0.180. The standard InChI is InChI=1S/C23H18N6O/c1-27(17-9-3-2-4-10-17)23(30)21-19-11-6-8-14-29(19)22(26-21)18-15-28(16-25-18)20-12-5-7-13-24-20/h2-16H,1H3. The zero-order valence-electron chi connectivity index (χ0n) is 16.3. The van der Waals surface area contributed by atoms with Crippen molar-refractivity contribution in [3.05, 3.63) is 97.3 Å². The van der Waals surface area contributed by atoms with Crippen LogP contribution < -0.4 is 4.90 Å². The largest absolute Gasteiger partial charge is 0.310 e. The molecule has 0 spiro atoms. The Balaban J connectivity index is 1.58. The Hall–Kier alpha value is -4.26. The summed E-state index contributed by atoms with van der Waals surface area (Å²) in [5.74, 6) is 1.18. The second-order valence-electron chi connectivity index (χ2n) is 6.79. The van der Waals surface area contributed by atoms with E-state index in [2.05, 4.69) is 15.0 Å². The number of para-hydroxylation sites is 1. The van der Waals surface area contributed by atoms with Crippen molar-refractivity contribution in [3.63, 3.8) is 0 Å². The Morgan fingerprint density at radius 3 is 2.53 bits per heavy atom. The summed E-state index contributed by atoms with van der Waals surface area (Å²) >= 11 is 0. The molecule has 0 aliphatic carbocycles. The van der Waals surface area contributed by atoms with Gasteiger partial charge in [0.15, 0.2) is 11.5 Å². The number of imidazole rings is 2. The number of hydrogen-bond donors (Lipinski definition) is 0. The number of pyridine rings is 2. The van der Waals surface area contributed by atoms with E-state index in [9.17, 15) is 4.79 Å². The molecule has 0 bridgehead atoms. The molecule has 7 heteroatoms. The fourth-order valence-corrected chi connectivity index (χ4v) is 3.37. The molecule has 0 saturated carbocycles. The van der Waals surface area contributed by atoms with Gasteiger partial charge in [0.1, 0.15) is 17.8 Å². The van der Waals surface area contributed by atoms with Gasteiger partial charge >= 0.3 is 0 Å². The molecule has 146 valence electrons. The van der Waals surface area contributed by atoms with Gasteiger partial charge in [-0.05, 0) is 36.4 Å². The number of nitrogens with zero attached hydrogens (tertiary/aromatic N) is 6. The summed E-state index contributed by atoms with van der Waals surface area (Å²) in [5.41, 5.74) is 2.57. The van der Waals surface area contributed by atoms with Crippen LogP contribution >= 0.6 is 0 Å². The van der Waals surface area contributed by atoms with Gasteiger partial charge < -0.3 is 4.90 Å². The summed E-state index contributed by atoms with van der Waals surface area (Å²) in [4.78, 5) is 28.4. The van der Waals surface area contributed by atoms with Crippen molar-refractivity contribution >= 4 is 17.1 Å². The molecule has 4 heterocycles. The number of amides is 1. The predicted molar refractivity (Wildman–Crippen MR) is 115 cm³/mol. The maximum Gasteiger partial charge on any atom is 0.278 e. The smallest absolute Gasteiger partial charge is 0.278 e. The molecule has 0 fully saturated rings. The van der Waals surface area contributed by atoms with Gasteiger partial charge in [-0.15, -0.1) is 0 Å². The number of carbonyl (C=O) groups is 1. The molecule has 0 unspecified atom stereocenters. The quantitative estimate of drug-likeness (QED) is 0.464. The zero-order chi connectivity index (χ0) is 20.5. The van der Waals surface area contributed by atoms with Gasteiger partial charge in [-0.25, -0.2) is 15.0 Å². The maximum atomic E-state index is 13.2. The minimum atomic E-state index is -0.180. The van der Waals surface area contributed by atoms with Crippen LogP contribution in [0.15, 0.2) is 91.6 Å². The fourth-order valence-electron chi connectivity index (χ4n) is 3.37. The summed E-state index contributed by atoms with van der Waals surface area (Å²) in [6.07, 6.45) is 7.17. The van der Waals surface area contributed by atoms with E-state index in [4.69, 9.17) is 0 Å². The lowest BCUT2D eigenvalue weighted by atomic mass is 10.2. The van der Waals surface area contributed by atoms with Gasteiger partial charge in [0, 0.05) is 31.3 Å². The molecule has 1 amide bonds. The van der Waals surface area contributed by atoms with Gasteiger partial charge in [-0.1, -0.05) is 30.3 Å². The molecule has 0 aliphatic heterocycles. The topological polar surface area (TPSA) is 68.3 Å². The van der Waals surface area contributed by atoms with Crippen molar-refractivity contribution in [1.82, 2.24) is 23.9 Å². The number of aromatic nitrogens is 5. The predicted octanol–water partition coefficient (Wildman–Crippen LogP) is 3.86. The summed E-state index contributed by atoms with van der Waals surface area (Å²) in [6.45, 7) is 0. The van der Waals surface area contributed by atoms with Crippen molar-refractivity contribution in [3.8, 4) is 17.3 Å². The Kier molecular flexibility index (Phi) is 4.33. The van der Waals surface area contributed by atoms with E-state index in [0.717, 1.165) is 17.0 Å². The highest BCUT2D eigenvalue weighted by atomic mass is 16.2. The molecular formula is C23H18N6O. The summed E-state index contributed by atoms with van der Waals surface area (Å²) in [6, 6.07) is 20.9. The SMILES string of the molecule is CN(C(=O)c1nc(-c2cn(-c3ccccn3)cn2)n2ccccc12)c1ccccc1. The van der Waals surface area contributed by atoms with Crippen molar-refractivity contribution in [1.29, 1.82) is 0 Å². The number of carbonyl (C=O) groups excluding carboxylic acids is 1. The Morgan fingerprint density at radius 2 is 1.73 bits per heavy atom. The first-order chi connectivity index (χ1) is 14.7. The van der Waals surface area contributed by atoms with Gasteiger partial charge in [0.2, 0.25) is 0 Å². The molecule has 0 radical (unpaired) electrons. The zero-order valence-corrected chi connectivity index (χ0v) is 16.3. The highest BCUT2D eigenvalue weighted by Gasteiger charge is 2.23. The minimum Gasteiger partial charge on any atom is -0.310 e. The molecule has 0 N–H and O–H groups in total. The molecule has 1 aromatic carbocycles. The van der Waals surface area contributed by atoms with E-state index in [1.807, 2.05) is 88.1 Å². The molecule has 0 aliphatic rings. The Morgan fingerprint density at radius 1 is 0.933 bits per heavy atom. The molecule has 5 rings (SSSR count). The van der Waals surface area contributed by atoms with Crippen molar-refractivity contribution < 1.29 is 4.79 Å². The van der Waals surface area contributed by atoms with Gasteiger partial charge in [0.05, 0.1) is 5.52 Å². The highest BCUT2D eigenvalue weighted by Crippen LogP contribution is 2.24. The first-order valence-electron chi connectivity index (χ1n) is 9.48. The molecule has 0 atom stereocenters. The van der Waals surface area contributed by atoms with Crippen LogP contribution in [0.2, 0.25) is 0 Å². The lowest BCUT2D eigenvalue weighted by Gasteiger charge is -2.16. The molecule has 0 saturated heterocycles. The number of rotatable bonds is 4. The first-order valence-corrected chi connectivity index (χ1v) is 9.48. The van der Waals surface area contributed by atoms with Crippen LogP contribution in [0.4, 0.5) is 5.69 Å². The number of anilines is 1. The average molecular weight is 394 g/mol. The number of fused-ring (bicyclic) bond motifs is 1. The monoisotopic (exact) mass is 394 g/mol. The van der Waals surface area contributed by atoms with Gasteiger partial charge in [-0.2, -0.15) is 0 Å². The second-order valence-corrected chi connectivity index (χ2v) is 6.79. The van der Waals surface area contributed by atoms with E-state index >= 15 is 0 Å². The normalized spacial score (nSPS) is 11.0. The summed E-state index contributed by atoms with van der Waals surface area (Å²) in [5, 5.41) is 0. The third-order valence-electron chi connectivity index (χ3n) is 4.92. The van der Waals surface area contributed by atoms with E-state index in [1.165, 1.54) is 0 Å². The third-order valence-corrected chi connectivity index (χ3v) is 4.92. The fraction of sp³-hybridized carbons (Fsp3) is 0.0435. The molecule has 4 aromatic heterocycles. The van der Waals surface area contributed by atoms with E-state index in [0.29, 0.717) is 17.2 Å². The molecule has 30 heavy (non-hydrogen) atoms. The maximum absolute atomic E-state index is 13.2. The Bertz CT molecular complexity index is 1320.